The molecule has 1 unspecified atom stereocenters. The molecule has 2 fully saturated rings. The molecule has 2 atom stereocenters. The summed E-state index contributed by atoms with van der Waals surface area (Å²) in [6.45, 7) is 3.37. The molecule has 0 bridgehead atoms. The Kier molecular flexibility index (Phi) is 7.30. The van der Waals surface area contributed by atoms with Gasteiger partial charge in [0.2, 0.25) is 0 Å². The van der Waals surface area contributed by atoms with Gasteiger partial charge in [-0.25, -0.2) is 9.59 Å². The van der Waals surface area contributed by atoms with Gasteiger partial charge in [-0.2, -0.15) is 0 Å². The van der Waals surface area contributed by atoms with Crippen LogP contribution in [0.5, 0.6) is 0 Å². The van der Waals surface area contributed by atoms with Crippen molar-refractivity contribution >= 4 is 18.0 Å². The summed E-state index contributed by atoms with van der Waals surface area (Å²) in [7, 11) is 1.73. The number of carbonyl (C=O) groups excluding carboxylic acids is 3. The summed E-state index contributed by atoms with van der Waals surface area (Å²) in [6, 6.07) is 18.5. The van der Waals surface area contributed by atoms with Gasteiger partial charge < -0.3 is 14.5 Å². The first-order valence-electron chi connectivity index (χ1n) is 11.7. The first kappa shape index (κ1) is 23.5. The summed E-state index contributed by atoms with van der Waals surface area (Å²) >= 11 is 0. The molecule has 0 aliphatic carbocycles. The van der Waals surface area contributed by atoms with Crippen molar-refractivity contribution in [1.82, 2.24) is 14.7 Å². The molecule has 0 radical (unpaired) electrons. The summed E-state index contributed by atoms with van der Waals surface area (Å²) < 4.78 is 5.42. The molecular formula is C27H31N3O4. The zero-order valence-corrected chi connectivity index (χ0v) is 19.7. The Morgan fingerprint density at radius 1 is 1.00 bits per heavy atom. The molecule has 2 aromatic rings. The van der Waals surface area contributed by atoms with Gasteiger partial charge >= 0.3 is 12.1 Å². The average molecular weight is 462 g/mol. The van der Waals surface area contributed by atoms with E-state index in [9.17, 15) is 14.4 Å². The third kappa shape index (κ3) is 5.14. The second kappa shape index (κ2) is 10.5. The number of rotatable bonds is 5. The zero-order chi connectivity index (χ0) is 24.1. The molecule has 2 aliphatic rings. The molecule has 7 heteroatoms. The van der Waals surface area contributed by atoms with E-state index in [-0.39, 0.29) is 42.6 Å². The van der Waals surface area contributed by atoms with E-state index < -0.39 is 0 Å². The van der Waals surface area contributed by atoms with Gasteiger partial charge in [0.15, 0.2) is 0 Å². The lowest BCUT2D eigenvalue weighted by molar-refractivity contribution is -0.124. The Hall–Kier alpha value is -3.61. The highest BCUT2D eigenvalue weighted by Gasteiger charge is 2.44. The number of carbonyl (C=O) groups is 3. The summed E-state index contributed by atoms with van der Waals surface area (Å²) in [5, 5.41) is 0. The van der Waals surface area contributed by atoms with Gasteiger partial charge in [0.25, 0.3) is 5.91 Å². The highest BCUT2D eigenvalue weighted by molar-refractivity contribution is 6.02. The minimum atomic E-state index is -0.322. The van der Waals surface area contributed by atoms with E-state index in [1.54, 1.807) is 16.8 Å². The molecule has 0 aromatic heterocycles. The topological polar surface area (TPSA) is 70.2 Å². The molecule has 0 N–H and O–H groups in total. The number of allylic oxidation sites excluding steroid dienone is 1. The molecule has 2 aliphatic heterocycles. The van der Waals surface area contributed by atoms with Crippen molar-refractivity contribution in [2.45, 2.75) is 38.5 Å². The van der Waals surface area contributed by atoms with Gasteiger partial charge in [-0.3, -0.25) is 9.69 Å². The SMILES string of the molecule is C[C@H]1C(c2ccccc2)N(C(=O)/C=C/C2CCN(C(=O)OCc3ccccc3)CC2)C(=O)N1C. The predicted molar refractivity (Wildman–Crippen MR) is 129 cm³/mol. The smallest absolute Gasteiger partial charge is 0.410 e. The molecule has 7 nitrogen and oxygen atoms in total. The molecule has 2 aromatic carbocycles. The van der Waals surface area contributed by atoms with Crippen molar-refractivity contribution in [3.8, 4) is 0 Å². The first-order chi connectivity index (χ1) is 16.5. The fourth-order valence-electron chi connectivity index (χ4n) is 4.58. The number of likely N-dealkylation sites (N-methyl/N-ethyl adjacent to an activating group) is 1. The van der Waals surface area contributed by atoms with Crippen molar-refractivity contribution in [3.05, 3.63) is 83.9 Å². The van der Waals surface area contributed by atoms with Crippen molar-refractivity contribution in [2.75, 3.05) is 20.1 Å². The Morgan fingerprint density at radius 3 is 2.26 bits per heavy atom. The Labute approximate surface area is 200 Å². The summed E-state index contributed by atoms with van der Waals surface area (Å²) in [5.74, 6) is -0.134. The lowest BCUT2D eigenvalue weighted by Gasteiger charge is -2.30. The van der Waals surface area contributed by atoms with Gasteiger partial charge in [-0.1, -0.05) is 66.7 Å². The minimum Gasteiger partial charge on any atom is -0.445 e. The second-order valence-electron chi connectivity index (χ2n) is 8.92. The molecule has 0 saturated carbocycles. The first-order valence-corrected chi connectivity index (χ1v) is 11.7. The molecule has 4 amide bonds. The normalized spacial score (nSPS) is 21.4. The van der Waals surface area contributed by atoms with Gasteiger partial charge in [0.1, 0.15) is 6.61 Å². The average Bonchev–Trinajstić information content (AvgIpc) is 3.11. The molecule has 2 heterocycles. The number of likely N-dealkylation sites (tertiary alicyclic amines) is 1. The summed E-state index contributed by atoms with van der Waals surface area (Å²) in [6.07, 6.45) is 4.58. The number of urea groups is 1. The maximum absolute atomic E-state index is 13.1. The minimum absolute atomic E-state index is 0.114. The van der Waals surface area contributed by atoms with E-state index in [0.29, 0.717) is 13.1 Å². The van der Waals surface area contributed by atoms with Crippen LogP contribution in [-0.4, -0.2) is 58.9 Å². The predicted octanol–water partition coefficient (Wildman–Crippen LogP) is 4.62. The number of amides is 4. The van der Waals surface area contributed by atoms with Crippen LogP contribution >= 0.6 is 0 Å². The molecule has 2 saturated heterocycles. The molecule has 34 heavy (non-hydrogen) atoms. The number of benzene rings is 2. The molecule has 4 rings (SSSR count). The summed E-state index contributed by atoms with van der Waals surface area (Å²) in [5.41, 5.74) is 1.90. The number of imide groups is 1. The third-order valence-electron chi connectivity index (χ3n) is 6.75. The maximum Gasteiger partial charge on any atom is 0.410 e. The molecular weight excluding hydrogens is 430 g/mol. The number of piperidine rings is 1. The van der Waals surface area contributed by atoms with Gasteiger partial charge in [0.05, 0.1) is 12.1 Å². The lowest BCUT2D eigenvalue weighted by atomic mass is 9.96. The fraction of sp³-hybridized carbons (Fsp3) is 0.370. The van der Waals surface area contributed by atoms with E-state index in [2.05, 4.69) is 0 Å². The van der Waals surface area contributed by atoms with Crippen LogP contribution in [-0.2, 0) is 16.1 Å². The van der Waals surface area contributed by atoms with Crippen LogP contribution in [0.4, 0.5) is 9.59 Å². The van der Waals surface area contributed by atoms with Crippen LogP contribution in [0.1, 0.15) is 36.9 Å². The number of ether oxygens (including phenoxy) is 1. The Bertz CT molecular complexity index is 1030. The standard InChI is InChI=1S/C27H31N3O4/c1-20-25(23-11-7-4-8-12-23)30(26(32)28(20)2)24(31)14-13-21-15-17-29(18-16-21)27(33)34-19-22-9-5-3-6-10-22/h3-14,20-21,25H,15-19H2,1-2H3/b14-13+/t20-,25?/m0/s1. The quantitative estimate of drug-likeness (QED) is 0.610. The van der Waals surface area contributed by atoms with Crippen molar-refractivity contribution in [2.24, 2.45) is 5.92 Å². The molecule has 0 spiro atoms. The van der Waals surface area contributed by atoms with Crippen LogP contribution in [0.2, 0.25) is 0 Å². The second-order valence-corrected chi connectivity index (χ2v) is 8.92. The van der Waals surface area contributed by atoms with Gasteiger partial charge in [-0.05, 0) is 42.9 Å². The largest absolute Gasteiger partial charge is 0.445 e. The zero-order valence-electron chi connectivity index (χ0n) is 19.7. The van der Waals surface area contributed by atoms with E-state index >= 15 is 0 Å². The van der Waals surface area contributed by atoms with E-state index in [1.807, 2.05) is 73.7 Å². The van der Waals surface area contributed by atoms with Crippen LogP contribution in [0.15, 0.2) is 72.8 Å². The number of hydrogen-bond acceptors (Lipinski definition) is 4. The van der Waals surface area contributed by atoms with Crippen molar-refractivity contribution in [3.63, 3.8) is 0 Å². The Balaban J connectivity index is 1.32. The van der Waals surface area contributed by atoms with Crippen molar-refractivity contribution in [1.29, 1.82) is 0 Å². The van der Waals surface area contributed by atoms with Crippen LogP contribution in [0.3, 0.4) is 0 Å². The third-order valence-corrected chi connectivity index (χ3v) is 6.75. The number of hydrogen-bond donors (Lipinski definition) is 0. The van der Waals surface area contributed by atoms with E-state index in [1.165, 1.54) is 11.0 Å². The lowest BCUT2D eigenvalue weighted by Crippen LogP contribution is -2.38. The van der Waals surface area contributed by atoms with Crippen LogP contribution < -0.4 is 0 Å². The fourth-order valence-corrected chi connectivity index (χ4v) is 4.58. The van der Waals surface area contributed by atoms with E-state index in [4.69, 9.17) is 4.74 Å². The van der Waals surface area contributed by atoms with Crippen LogP contribution in [0.25, 0.3) is 0 Å². The van der Waals surface area contributed by atoms with E-state index in [0.717, 1.165) is 24.0 Å². The highest BCUT2D eigenvalue weighted by Crippen LogP contribution is 2.34. The number of nitrogens with zero attached hydrogens (tertiary/aromatic N) is 3. The van der Waals surface area contributed by atoms with Gasteiger partial charge in [-0.15, -0.1) is 0 Å². The Morgan fingerprint density at radius 2 is 1.62 bits per heavy atom. The highest BCUT2D eigenvalue weighted by atomic mass is 16.6. The molecule has 178 valence electrons. The van der Waals surface area contributed by atoms with Gasteiger partial charge in [0, 0.05) is 20.1 Å². The summed E-state index contributed by atoms with van der Waals surface area (Å²) in [4.78, 5) is 42.9. The maximum atomic E-state index is 13.1. The van der Waals surface area contributed by atoms with Crippen molar-refractivity contribution < 1.29 is 19.1 Å². The monoisotopic (exact) mass is 461 g/mol. The van der Waals surface area contributed by atoms with Crippen LogP contribution in [0, 0.1) is 5.92 Å².